The maximum absolute atomic E-state index is 12.0. The molecule has 88 valence electrons. The topological polar surface area (TPSA) is 38.3 Å². The Balaban J connectivity index is 2.95. The molecule has 0 aromatic heterocycles. The lowest BCUT2D eigenvalue weighted by atomic mass is 10.3. The Hall–Kier alpha value is -1.24. The predicted octanol–water partition coefficient (Wildman–Crippen LogP) is 3.31. The highest BCUT2D eigenvalue weighted by molar-refractivity contribution is 9.10. The van der Waals surface area contributed by atoms with Crippen LogP contribution in [0.3, 0.4) is 0 Å². The van der Waals surface area contributed by atoms with Crippen molar-refractivity contribution in [3.8, 4) is 5.75 Å². The third-order valence-corrected chi connectivity index (χ3v) is 2.13. The van der Waals surface area contributed by atoms with Gasteiger partial charge in [0.05, 0.1) is 4.47 Å². The van der Waals surface area contributed by atoms with Crippen molar-refractivity contribution in [2.45, 2.75) is 13.3 Å². The molecule has 1 aromatic carbocycles. The molecule has 1 amide bonds. The standard InChI is InChI=1S/C9H7BrF3NO2/c1-5(15)14-6-2-3-7(10)8(4-6)16-9(11,12)13/h2-4H,1H3,(H,14,15). The van der Waals surface area contributed by atoms with Crippen LogP contribution in [0.15, 0.2) is 22.7 Å². The number of hydrogen-bond donors (Lipinski definition) is 1. The van der Waals surface area contributed by atoms with E-state index in [2.05, 4.69) is 26.0 Å². The highest BCUT2D eigenvalue weighted by atomic mass is 79.9. The number of benzene rings is 1. The maximum atomic E-state index is 12.0. The van der Waals surface area contributed by atoms with Gasteiger partial charge in [0.25, 0.3) is 0 Å². The van der Waals surface area contributed by atoms with Gasteiger partial charge in [0.1, 0.15) is 5.75 Å². The molecule has 3 nitrogen and oxygen atoms in total. The summed E-state index contributed by atoms with van der Waals surface area (Å²) >= 11 is 2.91. The number of alkyl halides is 3. The van der Waals surface area contributed by atoms with Gasteiger partial charge in [-0.3, -0.25) is 4.79 Å². The summed E-state index contributed by atoms with van der Waals surface area (Å²) in [6.45, 7) is 1.26. The molecule has 1 N–H and O–H groups in total. The Labute approximate surface area is 97.7 Å². The molecule has 1 rings (SSSR count). The lowest BCUT2D eigenvalue weighted by Crippen LogP contribution is -2.17. The normalized spacial score (nSPS) is 11.1. The van der Waals surface area contributed by atoms with E-state index in [9.17, 15) is 18.0 Å². The Morgan fingerprint density at radius 2 is 2.06 bits per heavy atom. The first-order valence-electron chi connectivity index (χ1n) is 4.11. The van der Waals surface area contributed by atoms with Crippen molar-refractivity contribution in [3.05, 3.63) is 22.7 Å². The number of ether oxygens (including phenoxy) is 1. The van der Waals surface area contributed by atoms with Crippen molar-refractivity contribution in [2.75, 3.05) is 5.32 Å². The van der Waals surface area contributed by atoms with E-state index in [1.54, 1.807) is 0 Å². The summed E-state index contributed by atoms with van der Waals surface area (Å²) in [6, 6.07) is 3.89. The number of carbonyl (C=O) groups excluding carboxylic acids is 1. The van der Waals surface area contributed by atoms with Crippen molar-refractivity contribution < 1.29 is 22.7 Å². The fourth-order valence-corrected chi connectivity index (χ4v) is 1.31. The lowest BCUT2D eigenvalue weighted by molar-refractivity contribution is -0.274. The molecule has 0 bridgehead atoms. The molecule has 0 aliphatic carbocycles. The first-order valence-corrected chi connectivity index (χ1v) is 4.90. The van der Waals surface area contributed by atoms with E-state index >= 15 is 0 Å². The van der Waals surface area contributed by atoms with Crippen LogP contribution >= 0.6 is 15.9 Å². The van der Waals surface area contributed by atoms with Crippen LogP contribution in [0, 0.1) is 0 Å². The number of amides is 1. The number of anilines is 1. The summed E-state index contributed by atoms with van der Waals surface area (Å²) in [5.41, 5.74) is 0.231. The molecule has 0 heterocycles. The Bertz CT molecular complexity index is 406. The largest absolute Gasteiger partial charge is 0.573 e. The van der Waals surface area contributed by atoms with Crippen LogP contribution in [0.25, 0.3) is 0 Å². The summed E-state index contributed by atoms with van der Waals surface area (Å²) in [5.74, 6) is -0.779. The number of rotatable bonds is 2. The summed E-state index contributed by atoms with van der Waals surface area (Å²) in [6.07, 6.45) is -4.77. The smallest absolute Gasteiger partial charge is 0.405 e. The van der Waals surface area contributed by atoms with Gasteiger partial charge in [-0.15, -0.1) is 13.2 Å². The van der Waals surface area contributed by atoms with E-state index in [0.29, 0.717) is 0 Å². The summed E-state index contributed by atoms with van der Waals surface area (Å²) in [7, 11) is 0. The number of nitrogens with one attached hydrogen (secondary N) is 1. The molecule has 0 fully saturated rings. The molecule has 0 unspecified atom stereocenters. The van der Waals surface area contributed by atoms with Gasteiger partial charge in [0.2, 0.25) is 5.91 Å². The average Bonchev–Trinajstić information content (AvgIpc) is 2.07. The highest BCUT2D eigenvalue weighted by Crippen LogP contribution is 2.32. The van der Waals surface area contributed by atoms with Crippen LogP contribution in [0.5, 0.6) is 5.75 Å². The minimum absolute atomic E-state index is 0.152. The second-order valence-corrected chi connectivity index (χ2v) is 3.73. The van der Waals surface area contributed by atoms with E-state index in [0.717, 1.165) is 6.07 Å². The second kappa shape index (κ2) is 4.73. The van der Waals surface area contributed by atoms with Crippen molar-refractivity contribution in [2.24, 2.45) is 0 Å². The average molecular weight is 298 g/mol. The van der Waals surface area contributed by atoms with E-state index in [4.69, 9.17) is 0 Å². The summed E-state index contributed by atoms with van der Waals surface area (Å²) in [4.78, 5) is 10.7. The highest BCUT2D eigenvalue weighted by Gasteiger charge is 2.32. The summed E-state index contributed by atoms with van der Waals surface area (Å²) in [5, 5.41) is 2.35. The Morgan fingerprint density at radius 3 is 2.56 bits per heavy atom. The molecule has 0 aliphatic heterocycles. The zero-order chi connectivity index (χ0) is 12.3. The van der Waals surface area contributed by atoms with Crippen molar-refractivity contribution in [3.63, 3.8) is 0 Å². The fraction of sp³-hybridized carbons (Fsp3) is 0.222. The van der Waals surface area contributed by atoms with Crippen molar-refractivity contribution in [1.29, 1.82) is 0 Å². The molecule has 1 aromatic rings. The molecule has 0 aliphatic rings. The molecular formula is C9H7BrF3NO2. The fourth-order valence-electron chi connectivity index (χ4n) is 0.987. The zero-order valence-corrected chi connectivity index (χ0v) is 9.65. The molecule has 16 heavy (non-hydrogen) atoms. The molecule has 0 saturated heterocycles. The van der Waals surface area contributed by atoms with E-state index in [1.807, 2.05) is 0 Å². The zero-order valence-electron chi connectivity index (χ0n) is 8.06. The molecule has 0 spiro atoms. The van der Waals surface area contributed by atoms with Crippen LogP contribution in [0.4, 0.5) is 18.9 Å². The molecule has 0 atom stereocenters. The van der Waals surface area contributed by atoms with Gasteiger partial charge in [-0.1, -0.05) is 0 Å². The van der Waals surface area contributed by atoms with E-state index < -0.39 is 12.1 Å². The minimum atomic E-state index is -4.77. The predicted molar refractivity (Wildman–Crippen MR) is 55.1 cm³/mol. The molecular weight excluding hydrogens is 291 g/mol. The monoisotopic (exact) mass is 297 g/mol. The van der Waals surface area contributed by atoms with Crippen LogP contribution in [0.2, 0.25) is 0 Å². The van der Waals surface area contributed by atoms with E-state index in [1.165, 1.54) is 19.1 Å². The van der Waals surface area contributed by atoms with Gasteiger partial charge in [-0.2, -0.15) is 0 Å². The SMILES string of the molecule is CC(=O)Nc1ccc(Br)c(OC(F)(F)F)c1. The maximum Gasteiger partial charge on any atom is 0.573 e. The van der Waals surface area contributed by atoms with Gasteiger partial charge in [-0.05, 0) is 28.1 Å². The van der Waals surface area contributed by atoms with Crippen LogP contribution < -0.4 is 10.1 Å². The Kier molecular flexibility index (Phi) is 3.79. The van der Waals surface area contributed by atoms with Crippen molar-refractivity contribution in [1.82, 2.24) is 0 Å². The van der Waals surface area contributed by atoms with Gasteiger partial charge in [-0.25, -0.2) is 0 Å². The first kappa shape index (κ1) is 12.8. The van der Waals surface area contributed by atoms with Crippen LogP contribution in [-0.2, 0) is 4.79 Å². The van der Waals surface area contributed by atoms with Gasteiger partial charge >= 0.3 is 6.36 Å². The molecule has 0 saturated carbocycles. The van der Waals surface area contributed by atoms with Crippen LogP contribution in [-0.4, -0.2) is 12.3 Å². The second-order valence-electron chi connectivity index (χ2n) is 2.87. The summed E-state index contributed by atoms with van der Waals surface area (Å²) < 4.78 is 39.9. The third-order valence-electron chi connectivity index (χ3n) is 1.48. The molecule has 0 radical (unpaired) electrons. The van der Waals surface area contributed by atoms with Gasteiger partial charge < -0.3 is 10.1 Å². The Morgan fingerprint density at radius 1 is 1.44 bits per heavy atom. The van der Waals surface area contributed by atoms with Crippen molar-refractivity contribution >= 4 is 27.5 Å². The van der Waals surface area contributed by atoms with Crippen LogP contribution in [0.1, 0.15) is 6.92 Å². The number of halogens is 4. The van der Waals surface area contributed by atoms with Gasteiger partial charge in [0.15, 0.2) is 0 Å². The lowest BCUT2D eigenvalue weighted by Gasteiger charge is -2.11. The van der Waals surface area contributed by atoms with Gasteiger partial charge in [0, 0.05) is 18.7 Å². The molecule has 7 heteroatoms. The quantitative estimate of drug-likeness (QED) is 0.909. The minimum Gasteiger partial charge on any atom is -0.405 e. The number of carbonyl (C=O) groups is 1. The number of hydrogen-bond acceptors (Lipinski definition) is 2. The first-order chi connectivity index (χ1) is 7.28. The van der Waals surface area contributed by atoms with E-state index in [-0.39, 0.29) is 16.1 Å². The third kappa shape index (κ3) is 4.09.